The van der Waals surface area contributed by atoms with Crippen LogP contribution in [-0.2, 0) is 0 Å². The third-order valence-electron chi connectivity index (χ3n) is 2.26. The van der Waals surface area contributed by atoms with Crippen LogP contribution in [0.25, 0.3) is 0 Å². The Labute approximate surface area is 107 Å². The zero-order chi connectivity index (χ0) is 11.8. The largest absolute Gasteiger partial charge is 0.494 e. The van der Waals surface area contributed by atoms with Gasteiger partial charge in [0.1, 0.15) is 5.75 Å². The zero-order valence-electron chi connectivity index (χ0n) is 10.0. The molecule has 0 aliphatic heterocycles. The molecule has 1 atom stereocenters. The number of hydrogen-bond donors (Lipinski definition) is 0. The summed E-state index contributed by atoms with van der Waals surface area (Å²) in [5.41, 5.74) is 0. The molecular formula is C13H20BrNO. The average molecular weight is 286 g/mol. The second-order valence-corrected chi connectivity index (χ2v) is 5.62. The van der Waals surface area contributed by atoms with Crippen molar-refractivity contribution in [1.82, 2.24) is 4.90 Å². The molecule has 0 aromatic heterocycles. The van der Waals surface area contributed by atoms with Crippen LogP contribution in [0, 0.1) is 0 Å². The maximum atomic E-state index is 5.62. The fraction of sp³-hybridized carbons (Fsp3) is 0.538. The molecule has 1 rings (SSSR count). The van der Waals surface area contributed by atoms with E-state index in [0.717, 1.165) is 31.9 Å². The summed E-state index contributed by atoms with van der Waals surface area (Å²) in [4.78, 5) is 2.86. The number of hydrogen-bond acceptors (Lipinski definition) is 2. The minimum absolute atomic E-state index is 0.549. The normalized spacial score (nSPS) is 12.8. The first-order valence-corrected chi connectivity index (χ1v) is 6.60. The molecule has 0 saturated heterocycles. The molecule has 3 heteroatoms. The number of halogens is 1. The number of benzene rings is 1. The molecule has 0 fully saturated rings. The van der Waals surface area contributed by atoms with Crippen molar-refractivity contribution in [3.05, 3.63) is 30.3 Å². The monoisotopic (exact) mass is 285 g/mol. The second kappa shape index (κ2) is 7.69. The van der Waals surface area contributed by atoms with E-state index in [1.165, 1.54) is 0 Å². The topological polar surface area (TPSA) is 12.5 Å². The summed E-state index contributed by atoms with van der Waals surface area (Å²) < 4.78 is 5.62. The van der Waals surface area contributed by atoms with Crippen molar-refractivity contribution in [2.45, 2.75) is 18.2 Å². The van der Waals surface area contributed by atoms with Crippen LogP contribution < -0.4 is 4.74 Å². The molecule has 0 saturated carbocycles. The molecule has 1 aromatic rings. The van der Waals surface area contributed by atoms with Gasteiger partial charge in [-0.15, -0.1) is 0 Å². The highest BCUT2D eigenvalue weighted by atomic mass is 79.9. The smallest absolute Gasteiger partial charge is 0.119 e. The van der Waals surface area contributed by atoms with Crippen LogP contribution in [0.5, 0.6) is 5.75 Å². The van der Waals surface area contributed by atoms with Gasteiger partial charge in [-0.2, -0.15) is 0 Å². The van der Waals surface area contributed by atoms with Crippen molar-refractivity contribution in [3.63, 3.8) is 0 Å². The average Bonchev–Trinajstić information content (AvgIpc) is 2.25. The summed E-state index contributed by atoms with van der Waals surface area (Å²) >= 11 is 3.55. The van der Waals surface area contributed by atoms with Crippen LogP contribution in [0.1, 0.15) is 13.3 Å². The van der Waals surface area contributed by atoms with Gasteiger partial charge in [0.25, 0.3) is 0 Å². The van der Waals surface area contributed by atoms with E-state index in [4.69, 9.17) is 4.74 Å². The number of rotatable bonds is 7. The van der Waals surface area contributed by atoms with Gasteiger partial charge in [-0.05, 0) is 25.6 Å². The molecule has 0 bridgehead atoms. The van der Waals surface area contributed by atoms with Gasteiger partial charge >= 0.3 is 0 Å². The molecule has 0 radical (unpaired) electrons. The Balaban J connectivity index is 2.08. The minimum Gasteiger partial charge on any atom is -0.494 e. The van der Waals surface area contributed by atoms with Gasteiger partial charge in [0.15, 0.2) is 0 Å². The van der Waals surface area contributed by atoms with Crippen molar-refractivity contribution in [2.24, 2.45) is 0 Å². The van der Waals surface area contributed by atoms with Crippen molar-refractivity contribution in [1.29, 1.82) is 0 Å². The van der Waals surface area contributed by atoms with E-state index in [0.29, 0.717) is 4.83 Å². The summed E-state index contributed by atoms with van der Waals surface area (Å²) in [5.74, 6) is 0.957. The summed E-state index contributed by atoms with van der Waals surface area (Å²) in [6.07, 6.45) is 1.06. The first-order chi connectivity index (χ1) is 7.68. The van der Waals surface area contributed by atoms with E-state index in [1.54, 1.807) is 0 Å². The molecule has 0 amide bonds. The summed E-state index contributed by atoms with van der Waals surface area (Å²) in [7, 11) is 2.14. The quantitative estimate of drug-likeness (QED) is 0.564. The third-order valence-corrected chi connectivity index (χ3v) is 2.55. The van der Waals surface area contributed by atoms with Gasteiger partial charge in [-0.3, -0.25) is 0 Å². The van der Waals surface area contributed by atoms with E-state index in [2.05, 4.69) is 34.8 Å². The molecule has 0 N–H and O–H groups in total. The van der Waals surface area contributed by atoms with Crippen molar-refractivity contribution in [2.75, 3.05) is 26.7 Å². The highest BCUT2D eigenvalue weighted by molar-refractivity contribution is 9.09. The van der Waals surface area contributed by atoms with E-state index < -0.39 is 0 Å². The van der Waals surface area contributed by atoms with E-state index in [9.17, 15) is 0 Å². The number of nitrogens with zero attached hydrogens (tertiary/aromatic N) is 1. The number of alkyl halides is 1. The van der Waals surface area contributed by atoms with E-state index in [-0.39, 0.29) is 0 Å². The lowest BCUT2D eigenvalue weighted by molar-refractivity contribution is 0.264. The van der Waals surface area contributed by atoms with E-state index >= 15 is 0 Å². The lowest BCUT2D eigenvalue weighted by atomic mass is 10.3. The molecule has 0 aliphatic carbocycles. The molecule has 1 unspecified atom stereocenters. The Morgan fingerprint density at radius 3 is 2.62 bits per heavy atom. The highest BCUT2D eigenvalue weighted by Gasteiger charge is 2.02. The number of ether oxygens (including phenoxy) is 1. The molecule has 0 spiro atoms. The van der Waals surface area contributed by atoms with Crippen molar-refractivity contribution >= 4 is 15.9 Å². The summed E-state index contributed by atoms with van der Waals surface area (Å²) in [6.45, 7) is 5.09. The maximum absolute atomic E-state index is 5.62. The lowest BCUT2D eigenvalue weighted by Crippen LogP contribution is -2.26. The van der Waals surface area contributed by atoms with Crippen LogP contribution >= 0.6 is 15.9 Å². The van der Waals surface area contributed by atoms with Gasteiger partial charge in [0, 0.05) is 17.9 Å². The Hall–Kier alpha value is -0.540. The fourth-order valence-electron chi connectivity index (χ4n) is 1.56. The van der Waals surface area contributed by atoms with Crippen LogP contribution in [0.3, 0.4) is 0 Å². The standard InChI is InChI=1S/C13H20BrNO/c1-12(14)11-15(2)9-6-10-16-13-7-4-3-5-8-13/h3-5,7-8,12H,6,9-11H2,1-2H3. The third kappa shape index (κ3) is 6.13. The molecule has 0 aliphatic rings. The molecule has 16 heavy (non-hydrogen) atoms. The summed E-state index contributed by atoms with van der Waals surface area (Å²) in [5, 5.41) is 0. The van der Waals surface area contributed by atoms with Gasteiger partial charge in [0.05, 0.1) is 6.61 Å². The molecular weight excluding hydrogens is 266 g/mol. The van der Waals surface area contributed by atoms with Crippen LogP contribution in [0.15, 0.2) is 30.3 Å². The highest BCUT2D eigenvalue weighted by Crippen LogP contribution is 2.08. The molecule has 0 heterocycles. The maximum Gasteiger partial charge on any atom is 0.119 e. The van der Waals surface area contributed by atoms with Gasteiger partial charge < -0.3 is 9.64 Å². The van der Waals surface area contributed by atoms with Crippen LogP contribution in [-0.4, -0.2) is 36.5 Å². The predicted octanol–water partition coefficient (Wildman–Crippen LogP) is 3.17. The number of para-hydroxylation sites is 1. The summed E-state index contributed by atoms with van der Waals surface area (Å²) in [6, 6.07) is 9.97. The van der Waals surface area contributed by atoms with Crippen LogP contribution in [0.2, 0.25) is 0 Å². The Bertz CT molecular complexity index is 277. The van der Waals surface area contributed by atoms with E-state index in [1.807, 2.05) is 30.3 Å². The second-order valence-electron chi connectivity index (χ2n) is 4.06. The molecule has 2 nitrogen and oxygen atoms in total. The van der Waals surface area contributed by atoms with Gasteiger partial charge in [-0.25, -0.2) is 0 Å². The predicted molar refractivity (Wildman–Crippen MR) is 72.4 cm³/mol. The Kier molecular flexibility index (Phi) is 6.50. The van der Waals surface area contributed by atoms with Crippen molar-refractivity contribution in [3.8, 4) is 5.75 Å². The lowest BCUT2D eigenvalue weighted by Gasteiger charge is -2.17. The molecule has 1 aromatic carbocycles. The SMILES string of the molecule is CC(Br)CN(C)CCCOc1ccccc1. The first-order valence-electron chi connectivity index (χ1n) is 5.69. The van der Waals surface area contributed by atoms with Gasteiger partial charge in [0.2, 0.25) is 0 Å². The first kappa shape index (κ1) is 13.5. The Morgan fingerprint density at radius 2 is 2.00 bits per heavy atom. The Morgan fingerprint density at radius 1 is 1.31 bits per heavy atom. The van der Waals surface area contributed by atoms with Gasteiger partial charge in [-0.1, -0.05) is 41.1 Å². The fourth-order valence-corrected chi connectivity index (χ4v) is 2.06. The zero-order valence-corrected chi connectivity index (χ0v) is 11.6. The van der Waals surface area contributed by atoms with Crippen LogP contribution in [0.4, 0.5) is 0 Å². The molecule has 90 valence electrons. The van der Waals surface area contributed by atoms with Crippen molar-refractivity contribution < 1.29 is 4.74 Å². The minimum atomic E-state index is 0.549.